The van der Waals surface area contributed by atoms with Crippen LogP contribution in [-0.2, 0) is 4.74 Å². The summed E-state index contributed by atoms with van der Waals surface area (Å²) < 4.78 is 10.3. The third-order valence-corrected chi connectivity index (χ3v) is 4.41. The van der Waals surface area contributed by atoms with Gasteiger partial charge in [0.25, 0.3) is 5.91 Å². The molecule has 29 heavy (non-hydrogen) atoms. The largest absolute Gasteiger partial charge is 0.497 e. The van der Waals surface area contributed by atoms with Crippen LogP contribution in [-0.4, -0.2) is 38.3 Å². The first-order valence-electron chi connectivity index (χ1n) is 9.37. The lowest BCUT2D eigenvalue weighted by atomic mass is 10.1. The Kier molecular flexibility index (Phi) is 6.81. The number of aromatic nitrogens is 1. The topological polar surface area (TPSA) is 72.5 Å². The van der Waals surface area contributed by atoms with Crippen LogP contribution in [0.5, 0.6) is 5.75 Å². The molecular weight excluding hydrogens is 366 g/mol. The fourth-order valence-electron chi connectivity index (χ4n) is 2.83. The molecule has 0 spiro atoms. The monoisotopic (exact) mass is 391 g/mol. The summed E-state index contributed by atoms with van der Waals surface area (Å²) in [4.78, 5) is 17.6. The van der Waals surface area contributed by atoms with Gasteiger partial charge < -0.3 is 20.1 Å². The minimum absolute atomic E-state index is 0.249. The zero-order valence-electron chi connectivity index (χ0n) is 16.9. The van der Waals surface area contributed by atoms with Crippen molar-refractivity contribution >= 4 is 17.4 Å². The Labute approximate surface area is 170 Å². The molecule has 1 heterocycles. The molecule has 0 saturated carbocycles. The van der Waals surface area contributed by atoms with Crippen LogP contribution in [0, 0.1) is 6.92 Å². The number of benzene rings is 2. The average molecular weight is 391 g/mol. The molecule has 1 amide bonds. The van der Waals surface area contributed by atoms with Gasteiger partial charge in [-0.05, 0) is 31.2 Å². The number of hydrogen-bond donors (Lipinski definition) is 2. The minimum atomic E-state index is -0.249. The molecule has 0 fully saturated rings. The Morgan fingerprint density at radius 3 is 2.55 bits per heavy atom. The van der Waals surface area contributed by atoms with E-state index in [1.54, 1.807) is 26.4 Å². The predicted molar refractivity (Wildman–Crippen MR) is 116 cm³/mol. The molecule has 6 heteroatoms. The molecule has 0 unspecified atom stereocenters. The van der Waals surface area contributed by atoms with Gasteiger partial charge in [-0.1, -0.05) is 35.9 Å². The van der Waals surface area contributed by atoms with Gasteiger partial charge in [-0.2, -0.15) is 0 Å². The maximum atomic E-state index is 12.9. The van der Waals surface area contributed by atoms with Crippen molar-refractivity contribution in [3.8, 4) is 17.0 Å². The van der Waals surface area contributed by atoms with Gasteiger partial charge in [-0.3, -0.25) is 4.79 Å². The number of ether oxygens (including phenoxy) is 2. The van der Waals surface area contributed by atoms with Crippen LogP contribution in [0.25, 0.3) is 11.3 Å². The molecule has 2 aromatic carbocycles. The van der Waals surface area contributed by atoms with Gasteiger partial charge >= 0.3 is 0 Å². The normalized spacial score (nSPS) is 10.4. The summed E-state index contributed by atoms with van der Waals surface area (Å²) in [6.45, 7) is 3.09. The zero-order valence-corrected chi connectivity index (χ0v) is 16.9. The first-order chi connectivity index (χ1) is 14.1. The molecule has 0 aliphatic heterocycles. The quantitative estimate of drug-likeness (QED) is 0.558. The van der Waals surface area contributed by atoms with Crippen LogP contribution in [0.15, 0.2) is 60.7 Å². The number of amides is 1. The second-order valence-electron chi connectivity index (χ2n) is 6.56. The smallest absolute Gasteiger partial charge is 0.259 e. The Balaban J connectivity index is 1.88. The van der Waals surface area contributed by atoms with Gasteiger partial charge in [0, 0.05) is 31.0 Å². The maximum absolute atomic E-state index is 12.9. The summed E-state index contributed by atoms with van der Waals surface area (Å²) in [7, 11) is 3.22. The van der Waals surface area contributed by atoms with E-state index in [0.29, 0.717) is 36.0 Å². The van der Waals surface area contributed by atoms with Gasteiger partial charge in [0.1, 0.15) is 11.6 Å². The van der Waals surface area contributed by atoms with Crippen LogP contribution in [0.4, 0.5) is 11.5 Å². The number of anilines is 2. The van der Waals surface area contributed by atoms with Crippen molar-refractivity contribution in [2.45, 2.75) is 6.92 Å². The molecule has 0 aliphatic rings. The number of rotatable bonds is 8. The van der Waals surface area contributed by atoms with Gasteiger partial charge in [-0.25, -0.2) is 4.98 Å². The third kappa shape index (κ3) is 5.33. The van der Waals surface area contributed by atoms with E-state index in [4.69, 9.17) is 9.47 Å². The Morgan fingerprint density at radius 1 is 1.03 bits per heavy atom. The van der Waals surface area contributed by atoms with Crippen molar-refractivity contribution in [1.82, 2.24) is 4.98 Å². The number of nitrogens with one attached hydrogen (secondary N) is 2. The van der Waals surface area contributed by atoms with Crippen LogP contribution in [0.3, 0.4) is 0 Å². The highest BCUT2D eigenvalue weighted by molar-refractivity contribution is 6.07. The second kappa shape index (κ2) is 9.71. The molecule has 1 aromatic heterocycles. The molecule has 3 rings (SSSR count). The summed E-state index contributed by atoms with van der Waals surface area (Å²) in [5, 5.41) is 6.10. The lowest BCUT2D eigenvalue weighted by Gasteiger charge is -2.13. The number of carbonyl (C=O) groups excluding carboxylic acids is 1. The SMILES string of the molecule is COCCNc1nc(-c2ccc(C)cc2)ccc1C(=O)Nc1cccc(OC)c1. The van der Waals surface area contributed by atoms with Crippen LogP contribution in [0.1, 0.15) is 15.9 Å². The number of methoxy groups -OCH3 is 2. The van der Waals surface area contributed by atoms with Gasteiger partial charge in [0.15, 0.2) is 0 Å². The molecule has 0 radical (unpaired) electrons. The van der Waals surface area contributed by atoms with Gasteiger partial charge in [0.2, 0.25) is 0 Å². The van der Waals surface area contributed by atoms with E-state index in [1.807, 2.05) is 55.5 Å². The van der Waals surface area contributed by atoms with Crippen molar-refractivity contribution in [2.24, 2.45) is 0 Å². The molecule has 0 atom stereocenters. The van der Waals surface area contributed by atoms with Gasteiger partial charge in [-0.15, -0.1) is 0 Å². The Bertz CT molecular complexity index is 971. The molecule has 150 valence electrons. The van der Waals surface area contributed by atoms with Crippen LogP contribution >= 0.6 is 0 Å². The first-order valence-corrected chi connectivity index (χ1v) is 9.37. The summed E-state index contributed by atoms with van der Waals surface area (Å²) in [5.41, 5.74) is 4.08. The lowest BCUT2D eigenvalue weighted by Crippen LogP contribution is -2.18. The van der Waals surface area contributed by atoms with Crippen molar-refractivity contribution in [3.05, 3.63) is 71.8 Å². The lowest BCUT2D eigenvalue weighted by molar-refractivity contribution is 0.102. The van der Waals surface area contributed by atoms with E-state index in [2.05, 4.69) is 15.6 Å². The summed E-state index contributed by atoms with van der Waals surface area (Å²) in [6, 6.07) is 19.0. The van der Waals surface area contributed by atoms with E-state index < -0.39 is 0 Å². The van der Waals surface area contributed by atoms with Gasteiger partial charge in [0.05, 0.1) is 25.0 Å². The fourth-order valence-corrected chi connectivity index (χ4v) is 2.83. The molecule has 3 aromatic rings. The van der Waals surface area contributed by atoms with Crippen molar-refractivity contribution in [1.29, 1.82) is 0 Å². The van der Waals surface area contributed by atoms with E-state index >= 15 is 0 Å². The van der Waals surface area contributed by atoms with E-state index in [1.165, 1.54) is 5.56 Å². The summed E-state index contributed by atoms with van der Waals surface area (Å²) in [5.74, 6) is 0.940. The number of hydrogen-bond acceptors (Lipinski definition) is 5. The van der Waals surface area contributed by atoms with Crippen LogP contribution < -0.4 is 15.4 Å². The second-order valence-corrected chi connectivity index (χ2v) is 6.56. The molecule has 0 aliphatic carbocycles. The number of carbonyl (C=O) groups is 1. The molecule has 2 N–H and O–H groups in total. The number of pyridine rings is 1. The minimum Gasteiger partial charge on any atom is -0.497 e. The highest BCUT2D eigenvalue weighted by atomic mass is 16.5. The summed E-state index contributed by atoms with van der Waals surface area (Å²) in [6.07, 6.45) is 0. The van der Waals surface area contributed by atoms with E-state index in [9.17, 15) is 4.79 Å². The van der Waals surface area contributed by atoms with Crippen molar-refractivity contribution in [3.63, 3.8) is 0 Å². The molecule has 0 bridgehead atoms. The predicted octanol–water partition coefficient (Wildman–Crippen LogP) is 4.38. The van der Waals surface area contributed by atoms with E-state index in [0.717, 1.165) is 11.3 Å². The standard InChI is InChI=1S/C23H25N3O3/c1-16-7-9-17(10-8-16)21-12-11-20(22(26-21)24-13-14-28-2)23(27)25-18-5-4-6-19(15-18)29-3/h4-12,15H,13-14H2,1-3H3,(H,24,26)(H,25,27). The van der Waals surface area contributed by atoms with Crippen molar-refractivity contribution in [2.75, 3.05) is 38.0 Å². The Morgan fingerprint density at radius 2 is 1.83 bits per heavy atom. The van der Waals surface area contributed by atoms with Crippen molar-refractivity contribution < 1.29 is 14.3 Å². The highest BCUT2D eigenvalue weighted by Crippen LogP contribution is 2.24. The first kappa shape index (κ1) is 20.4. The molecule has 0 saturated heterocycles. The highest BCUT2D eigenvalue weighted by Gasteiger charge is 2.15. The average Bonchev–Trinajstić information content (AvgIpc) is 2.74. The number of nitrogens with zero attached hydrogens (tertiary/aromatic N) is 1. The van der Waals surface area contributed by atoms with Crippen LogP contribution in [0.2, 0.25) is 0 Å². The van der Waals surface area contributed by atoms with E-state index in [-0.39, 0.29) is 5.91 Å². The third-order valence-electron chi connectivity index (χ3n) is 4.41. The fraction of sp³-hybridized carbons (Fsp3) is 0.217. The Hall–Kier alpha value is -3.38. The molecule has 6 nitrogen and oxygen atoms in total. The zero-order chi connectivity index (χ0) is 20.6. The summed E-state index contributed by atoms with van der Waals surface area (Å²) >= 11 is 0. The maximum Gasteiger partial charge on any atom is 0.259 e. The molecular formula is C23H25N3O3. The number of aryl methyl sites for hydroxylation is 1.